The predicted molar refractivity (Wildman–Crippen MR) is 104 cm³/mol. The van der Waals surface area contributed by atoms with E-state index in [4.69, 9.17) is 4.74 Å². The fourth-order valence-electron chi connectivity index (χ4n) is 3.43. The van der Waals surface area contributed by atoms with Crippen LogP contribution in [0.5, 0.6) is 5.75 Å². The third kappa shape index (κ3) is 4.11. The van der Waals surface area contributed by atoms with Crippen LogP contribution in [-0.4, -0.2) is 66.2 Å². The molecular weight excluding hydrogens is 382 g/mol. The number of rotatable bonds is 6. The molecule has 1 aromatic heterocycles. The largest absolute Gasteiger partial charge is 0.486 e. The van der Waals surface area contributed by atoms with E-state index >= 15 is 0 Å². The van der Waals surface area contributed by atoms with Crippen molar-refractivity contribution >= 4 is 5.69 Å². The van der Waals surface area contributed by atoms with Crippen molar-refractivity contribution in [1.29, 1.82) is 0 Å². The van der Waals surface area contributed by atoms with Crippen LogP contribution >= 0.6 is 0 Å². The molecule has 2 aliphatic rings. The summed E-state index contributed by atoms with van der Waals surface area (Å²) < 4.78 is 34.2. The maximum absolute atomic E-state index is 13.7. The average Bonchev–Trinajstić information content (AvgIpc) is 3.47. The normalized spacial score (nSPS) is 18.7. The molecule has 9 heteroatoms. The zero-order chi connectivity index (χ0) is 20.6. The van der Waals surface area contributed by atoms with Crippen molar-refractivity contribution < 1.29 is 18.6 Å². The number of ether oxygens (including phenoxy) is 1. The van der Waals surface area contributed by atoms with Crippen LogP contribution in [-0.2, 0) is 0 Å². The number of hydrogen-bond donors (Lipinski definition) is 1. The minimum Gasteiger partial charge on any atom is -0.486 e. The van der Waals surface area contributed by atoms with Crippen LogP contribution in [0.1, 0.15) is 12.8 Å². The van der Waals surface area contributed by atoms with Gasteiger partial charge < -0.3 is 19.6 Å². The molecule has 1 saturated carbocycles. The van der Waals surface area contributed by atoms with Gasteiger partial charge in [0.25, 0.3) is 0 Å². The van der Waals surface area contributed by atoms with Gasteiger partial charge >= 0.3 is 5.56 Å². The molecule has 1 saturated heterocycles. The second-order valence-electron chi connectivity index (χ2n) is 7.94. The monoisotopic (exact) mass is 406 g/mol. The smallest absolute Gasteiger partial charge is 0.316 e. The number of nitrogens with zero attached hydrogens (tertiary/aromatic N) is 4. The highest BCUT2D eigenvalue weighted by atomic mass is 19.1. The first kappa shape index (κ1) is 19.8. The van der Waals surface area contributed by atoms with Crippen LogP contribution in [0.3, 0.4) is 0 Å². The minimum absolute atomic E-state index is 0.00871. The number of aliphatic hydroxyl groups is 1. The zero-order valence-corrected chi connectivity index (χ0v) is 16.3. The van der Waals surface area contributed by atoms with Gasteiger partial charge in [0.05, 0.1) is 25.1 Å². The summed E-state index contributed by atoms with van der Waals surface area (Å²) in [5, 5.41) is 13.7. The van der Waals surface area contributed by atoms with Crippen LogP contribution in [0.25, 0.3) is 5.69 Å². The van der Waals surface area contributed by atoms with E-state index in [1.807, 2.05) is 11.9 Å². The molecule has 1 aromatic carbocycles. The molecule has 7 nitrogen and oxygen atoms in total. The van der Waals surface area contributed by atoms with Crippen molar-refractivity contribution in [3.05, 3.63) is 46.4 Å². The highest BCUT2D eigenvalue weighted by Gasteiger charge is 2.43. The van der Waals surface area contributed by atoms with E-state index in [0.717, 1.165) is 48.8 Å². The molecule has 2 fully saturated rings. The van der Waals surface area contributed by atoms with E-state index < -0.39 is 17.2 Å². The van der Waals surface area contributed by atoms with Crippen LogP contribution in [0, 0.1) is 17.0 Å². The molecule has 0 bridgehead atoms. The first-order valence-corrected chi connectivity index (χ1v) is 9.67. The number of aliphatic hydroxyl groups excluding tert-OH is 1. The van der Waals surface area contributed by atoms with Crippen LogP contribution in [0.4, 0.5) is 14.5 Å². The lowest BCUT2D eigenvalue weighted by Gasteiger charge is -2.34. The molecule has 1 aliphatic heterocycles. The number of piperazine rings is 1. The molecular formula is C20H24F2N4O3. The van der Waals surface area contributed by atoms with Crippen molar-refractivity contribution in [2.24, 2.45) is 5.41 Å². The second-order valence-corrected chi connectivity index (χ2v) is 7.94. The third-order valence-electron chi connectivity index (χ3n) is 5.67. The summed E-state index contributed by atoms with van der Waals surface area (Å²) in [7, 11) is 2.03. The molecule has 0 spiro atoms. The second kappa shape index (κ2) is 7.72. The lowest BCUT2D eigenvalue weighted by molar-refractivity contribution is 0.145. The van der Waals surface area contributed by atoms with E-state index in [1.165, 1.54) is 6.20 Å². The van der Waals surface area contributed by atoms with E-state index in [1.54, 1.807) is 0 Å². The fraction of sp³-hybridized carbons (Fsp3) is 0.500. The molecule has 1 N–H and O–H groups in total. The number of hydrogen-bond acceptors (Lipinski definition) is 6. The van der Waals surface area contributed by atoms with Gasteiger partial charge in [-0.1, -0.05) is 0 Å². The Morgan fingerprint density at radius 1 is 1.14 bits per heavy atom. The van der Waals surface area contributed by atoms with Crippen molar-refractivity contribution in [3.63, 3.8) is 0 Å². The summed E-state index contributed by atoms with van der Waals surface area (Å²) in [6, 6.07) is 2.84. The summed E-state index contributed by atoms with van der Waals surface area (Å²) in [5.74, 6) is -1.50. The highest BCUT2D eigenvalue weighted by Crippen LogP contribution is 2.45. The summed E-state index contributed by atoms with van der Waals surface area (Å²) in [6.07, 6.45) is 3.17. The molecule has 0 amide bonds. The maximum atomic E-state index is 13.7. The van der Waals surface area contributed by atoms with Gasteiger partial charge in [-0.15, -0.1) is 0 Å². The van der Waals surface area contributed by atoms with Gasteiger partial charge in [0.2, 0.25) is 5.75 Å². The van der Waals surface area contributed by atoms with E-state index in [0.29, 0.717) is 18.8 Å². The van der Waals surface area contributed by atoms with E-state index in [2.05, 4.69) is 10.00 Å². The Hall–Kier alpha value is -2.52. The summed E-state index contributed by atoms with van der Waals surface area (Å²) >= 11 is 0. The molecule has 156 valence electrons. The van der Waals surface area contributed by atoms with Crippen molar-refractivity contribution in [3.8, 4) is 11.4 Å². The maximum Gasteiger partial charge on any atom is 0.316 e. The first-order valence-electron chi connectivity index (χ1n) is 9.67. The van der Waals surface area contributed by atoms with Gasteiger partial charge in [-0.25, -0.2) is 8.78 Å². The van der Waals surface area contributed by atoms with Gasteiger partial charge in [-0.2, -0.15) is 9.78 Å². The summed E-state index contributed by atoms with van der Waals surface area (Å²) in [4.78, 5) is 17.4. The fourth-order valence-corrected chi connectivity index (χ4v) is 3.43. The first-order chi connectivity index (χ1) is 13.9. The van der Waals surface area contributed by atoms with Gasteiger partial charge in [0.1, 0.15) is 17.3 Å². The molecule has 0 radical (unpaired) electrons. The van der Waals surface area contributed by atoms with Gasteiger partial charge in [0.15, 0.2) is 0 Å². The molecule has 0 unspecified atom stereocenters. The lowest BCUT2D eigenvalue weighted by Crippen LogP contribution is -2.45. The van der Waals surface area contributed by atoms with Crippen molar-refractivity contribution in [2.45, 2.75) is 12.8 Å². The predicted octanol–water partition coefficient (Wildman–Crippen LogP) is 1.41. The summed E-state index contributed by atoms with van der Waals surface area (Å²) in [6.45, 7) is 3.28. The molecule has 0 atom stereocenters. The number of benzene rings is 1. The molecule has 2 heterocycles. The van der Waals surface area contributed by atoms with Gasteiger partial charge in [-0.3, -0.25) is 4.79 Å². The van der Waals surface area contributed by atoms with Gasteiger partial charge in [0, 0.05) is 37.7 Å². The Bertz CT molecular complexity index is 933. The number of likely N-dealkylation sites (N-methyl/N-ethyl adjacent to an activating group) is 1. The van der Waals surface area contributed by atoms with Crippen molar-refractivity contribution in [2.75, 3.05) is 51.3 Å². The lowest BCUT2D eigenvalue weighted by atomic mass is 10.1. The standard InChI is InChI=1S/C20H24F2N4O3/c1-24-4-6-25(7-5-24)17-11-23-26(16-9-14(21)8-15(22)10-16)19(28)18(17)29-13-20(12-27)2-3-20/h8-11,27H,2-7,12-13H2,1H3. The Balaban J connectivity index is 1.73. The molecule has 4 rings (SSSR count). The highest BCUT2D eigenvalue weighted by molar-refractivity contribution is 5.57. The van der Waals surface area contributed by atoms with E-state index in [9.17, 15) is 18.7 Å². The number of aromatic nitrogens is 2. The molecule has 1 aliphatic carbocycles. The number of anilines is 1. The van der Waals surface area contributed by atoms with Gasteiger partial charge in [-0.05, 0) is 32.0 Å². The third-order valence-corrected chi connectivity index (χ3v) is 5.67. The molecule has 2 aromatic rings. The summed E-state index contributed by atoms with van der Waals surface area (Å²) in [5.41, 5.74) is -0.346. The number of halogens is 2. The Labute approximate surface area is 167 Å². The van der Waals surface area contributed by atoms with Crippen LogP contribution in [0.2, 0.25) is 0 Å². The quantitative estimate of drug-likeness (QED) is 0.783. The topological polar surface area (TPSA) is 70.8 Å². The SMILES string of the molecule is CN1CCN(c2cnn(-c3cc(F)cc(F)c3)c(=O)c2OCC2(CO)CC2)CC1. The Kier molecular flexibility index (Phi) is 5.26. The van der Waals surface area contributed by atoms with Crippen LogP contribution < -0.4 is 15.2 Å². The van der Waals surface area contributed by atoms with E-state index in [-0.39, 0.29) is 30.1 Å². The zero-order valence-electron chi connectivity index (χ0n) is 16.3. The molecule has 29 heavy (non-hydrogen) atoms. The van der Waals surface area contributed by atoms with Crippen LogP contribution in [0.15, 0.2) is 29.2 Å². The van der Waals surface area contributed by atoms with Crippen molar-refractivity contribution in [1.82, 2.24) is 14.7 Å². The Morgan fingerprint density at radius 2 is 1.79 bits per heavy atom. The average molecular weight is 406 g/mol. The minimum atomic E-state index is -0.795. The Morgan fingerprint density at radius 3 is 2.38 bits per heavy atom.